The zero-order chi connectivity index (χ0) is 38.5. The standard InChI is InChI=1S/C44H41N5O6S/c1-25(2)46-30-14-26(23-54-40-20-34-32(18-38(40)52-3)43(50)48-31(22-45-34)16-28-9-5-7-11-36(28)48)13-27(15-30)24-55-41-21-35-33(19-39(41)53-4)44(51)49-37-12-8-6-10-29(37)17-42(49)56-47-35/h5-15,18-22,25,31,42,46-47H,16-17,23-24H2,1-4H3/t31-,42+/m0/s1. The Morgan fingerprint density at radius 2 is 1.36 bits per heavy atom. The highest BCUT2D eigenvalue weighted by Crippen LogP contribution is 2.45. The second-order valence-corrected chi connectivity index (χ2v) is 15.5. The lowest BCUT2D eigenvalue weighted by atomic mass is 10.1. The van der Waals surface area contributed by atoms with E-state index in [-0.39, 0.29) is 42.5 Å². The van der Waals surface area contributed by atoms with Crippen LogP contribution in [-0.4, -0.2) is 49.7 Å². The van der Waals surface area contributed by atoms with Gasteiger partial charge in [-0.3, -0.25) is 24.4 Å². The maximum absolute atomic E-state index is 13.9. The molecule has 4 heterocycles. The van der Waals surface area contributed by atoms with Gasteiger partial charge in [0.1, 0.15) is 18.6 Å². The molecule has 0 fully saturated rings. The van der Waals surface area contributed by atoms with E-state index >= 15 is 0 Å². The number of fused-ring (bicyclic) bond motifs is 8. The van der Waals surface area contributed by atoms with Gasteiger partial charge in [-0.1, -0.05) is 36.4 Å². The number of carbonyl (C=O) groups is 2. The summed E-state index contributed by atoms with van der Waals surface area (Å²) >= 11 is 1.52. The summed E-state index contributed by atoms with van der Waals surface area (Å²) in [6.07, 6.45) is 3.33. The minimum absolute atomic E-state index is 0.0589. The zero-order valence-electron chi connectivity index (χ0n) is 31.5. The molecule has 56 heavy (non-hydrogen) atoms. The topological polar surface area (TPSA) is 114 Å². The molecule has 5 aromatic rings. The van der Waals surface area contributed by atoms with Gasteiger partial charge in [-0.25, -0.2) is 0 Å². The van der Waals surface area contributed by atoms with Crippen LogP contribution in [0.2, 0.25) is 0 Å². The van der Waals surface area contributed by atoms with E-state index in [2.05, 4.69) is 42.1 Å². The third-order valence-electron chi connectivity index (χ3n) is 10.4. The molecule has 0 unspecified atom stereocenters. The summed E-state index contributed by atoms with van der Waals surface area (Å²) in [6.45, 7) is 4.63. The molecule has 0 aliphatic carbocycles. The van der Waals surface area contributed by atoms with Crippen LogP contribution in [0.4, 0.5) is 28.4 Å². The fraction of sp³-hybridized carbons (Fsp3) is 0.250. The number of anilines is 4. The number of ether oxygens (including phenoxy) is 4. The van der Waals surface area contributed by atoms with E-state index in [1.54, 1.807) is 32.4 Å². The summed E-state index contributed by atoms with van der Waals surface area (Å²) in [6, 6.07) is 29.3. The van der Waals surface area contributed by atoms with Gasteiger partial charge >= 0.3 is 0 Å². The second-order valence-electron chi connectivity index (χ2n) is 14.5. The number of para-hydroxylation sites is 2. The molecule has 0 bridgehead atoms. The van der Waals surface area contributed by atoms with Gasteiger partial charge in [-0.05, 0) is 90.5 Å². The maximum Gasteiger partial charge on any atom is 0.261 e. The van der Waals surface area contributed by atoms with E-state index in [1.807, 2.05) is 70.6 Å². The highest BCUT2D eigenvalue weighted by molar-refractivity contribution is 8.01. The van der Waals surface area contributed by atoms with Crippen molar-refractivity contribution in [1.82, 2.24) is 0 Å². The summed E-state index contributed by atoms with van der Waals surface area (Å²) in [5.74, 6) is 1.72. The van der Waals surface area contributed by atoms with Crippen molar-refractivity contribution in [3.05, 3.63) is 124 Å². The van der Waals surface area contributed by atoms with Crippen molar-refractivity contribution in [3.63, 3.8) is 0 Å². The molecule has 11 nitrogen and oxygen atoms in total. The van der Waals surface area contributed by atoms with Crippen LogP contribution in [0, 0.1) is 0 Å². The summed E-state index contributed by atoms with van der Waals surface area (Å²) in [4.78, 5) is 36.2. The van der Waals surface area contributed by atoms with E-state index in [9.17, 15) is 9.59 Å². The van der Waals surface area contributed by atoms with Crippen molar-refractivity contribution in [2.75, 3.05) is 34.1 Å². The smallest absolute Gasteiger partial charge is 0.261 e. The molecule has 2 N–H and O–H groups in total. The number of hydrogen-bond acceptors (Lipinski definition) is 10. The van der Waals surface area contributed by atoms with Gasteiger partial charge < -0.3 is 29.0 Å². The molecule has 12 heteroatoms. The van der Waals surface area contributed by atoms with Gasteiger partial charge in [0, 0.05) is 54.3 Å². The number of aliphatic imine (C=N–C) groups is 1. The number of methoxy groups -OCH3 is 2. The summed E-state index contributed by atoms with van der Waals surface area (Å²) in [7, 11) is 3.15. The molecule has 0 radical (unpaired) electrons. The molecule has 0 spiro atoms. The van der Waals surface area contributed by atoms with Gasteiger partial charge in [-0.2, -0.15) is 0 Å². The van der Waals surface area contributed by atoms with Gasteiger partial charge in [0.05, 0.1) is 42.8 Å². The molecule has 0 saturated carbocycles. The number of hydrogen-bond donors (Lipinski definition) is 2. The zero-order valence-corrected chi connectivity index (χ0v) is 32.3. The summed E-state index contributed by atoms with van der Waals surface area (Å²) < 4.78 is 27.8. The molecule has 284 valence electrons. The SMILES string of the molecule is COc1cc2c(cc1OCc1cc(COc3cc4c(cc3OC)C(=O)N3c5ccccc5C[C@H]3SN4)cc(NC(C)C)c1)N=C[C@@H]1Cc3ccccc3N1C2=O. The molecule has 2 atom stereocenters. The lowest BCUT2D eigenvalue weighted by Crippen LogP contribution is -2.37. The summed E-state index contributed by atoms with van der Waals surface area (Å²) in [5.41, 5.74) is 9.07. The average Bonchev–Trinajstić information content (AvgIpc) is 3.69. The Labute approximate surface area is 329 Å². The Morgan fingerprint density at radius 1 is 0.750 bits per heavy atom. The first kappa shape index (κ1) is 35.6. The maximum atomic E-state index is 13.9. The van der Waals surface area contributed by atoms with Crippen LogP contribution in [0.15, 0.2) is 96.0 Å². The Kier molecular flexibility index (Phi) is 9.21. The molecule has 5 aromatic carbocycles. The number of benzene rings is 5. The van der Waals surface area contributed by atoms with E-state index in [0.29, 0.717) is 45.5 Å². The molecular weight excluding hydrogens is 727 g/mol. The van der Waals surface area contributed by atoms with Crippen LogP contribution in [0.3, 0.4) is 0 Å². The lowest BCUT2D eigenvalue weighted by molar-refractivity contribution is 0.0979. The number of nitrogens with one attached hydrogen (secondary N) is 2. The van der Waals surface area contributed by atoms with Crippen LogP contribution in [-0.2, 0) is 26.1 Å². The first-order valence-corrected chi connectivity index (χ1v) is 19.5. The van der Waals surface area contributed by atoms with Crippen LogP contribution in [0.5, 0.6) is 23.0 Å². The number of nitrogens with zero attached hydrogens (tertiary/aromatic N) is 3. The Morgan fingerprint density at radius 3 is 2.04 bits per heavy atom. The Hall–Kier alpha value is -6.14. The molecule has 9 rings (SSSR count). The van der Waals surface area contributed by atoms with Crippen LogP contribution >= 0.6 is 11.9 Å². The normalized spacial score (nSPS) is 17.4. The van der Waals surface area contributed by atoms with Gasteiger partial charge in [-0.15, -0.1) is 0 Å². The number of carbonyl (C=O) groups excluding carboxylic acids is 2. The minimum atomic E-state index is -0.154. The van der Waals surface area contributed by atoms with Crippen molar-refractivity contribution in [3.8, 4) is 23.0 Å². The fourth-order valence-corrected chi connectivity index (χ4v) is 8.91. The highest BCUT2D eigenvalue weighted by Gasteiger charge is 2.39. The van der Waals surface area contributed by atoms with Gasteiger partial charge in [0.25, 0.3) is 11.8 Å². The first-order valence-electron chi connectivity index (χ1n) is 18.7. The quantitative estimate of drug-likeness (QED) is 0.135. The van der Waals surface area contributed by atoms with E-state index in [1.165, 1.54) is 11.9 Å². The monoisotopic (exact) mass is 767 g/mol. The first-order chi connectivity index (χ1) is 27.3. The lowest BCUT2D eigenvalue weighted by Gasteiger charge is -2.22. The van der Waals surface area contributed by atoms with E-state index in [0.717, 1.165) is 52.2 Å². The third-order valence-corrected chi connectivity index (χ3v) is 11.4. The molecule has 0 aromatic heterocycles. The Balaban J connectivity index is 0.950. The Bertz CT molecular complexity index is 2420. The molecular formula is C44H41N5O6S. The van der Waals surface area contributed by atoms with Crippen molar-refractivity contribution in [1.29, 1.82) is 0 Å². The summed E-state index contributed by atoms with van der Waals surface area (Å²) in [5, 5.41) is 3.45. The molecule has 4 aliphatic heterocycles. The largest absolute Gasteiger partial charge is 0.493 e. The number of rotatable bonds is 10. The average molecular weight is 768 g/mol. The van der Waals surface area contributed by atoms with Gasteiger partial charge in [0.2, 0.25) is 0 Å². The highest BCUT2D eigenvalue weighted by atomic mass is 32.2. The van der Waals surface area contributed by atoms with Crippen LogP contribution < -0.4 is 38.8 Å². The van der Waals surface area contributed by atoms with Crippen molar-refractivity contribution >= 4 is 58.4 Å². The van der Waals surface area contributed by atoms with Crippen molar-refractivity contribution in [2.24, 2.45) is 4.99 Å². The van der Waals surface area contributed by atoms with Crippen LogP contribution in [0.25, 0.3) is 0 Å². The molecule has 0 saturated heterocycles. The van der Waals surface area contributed by atoms with Gasteiger partial charge in [0.15, 0.2) is 23.0 Å². The molecule has 2 amide bonds. The number of amides is 2. The van der Waals surface area contributed by atoms with E-state index < -0.39 is 0 Å². The van der Waals surface area contributed by atoms with Crippen molar-refractivity contribution in [2.45, 2.75) is 57.4 Å². The second kappa shape index (κ2) is 14.5. The fourth-order valence-electron chi connectivity index (χ4n) is 7.90. The van der Waals surface area contributed by atoms with E-state index in [4.69, 9.17) is 23.9 Å². The van der Waals surface area contributed by atoms with Crippen LogP contribution in [0.1, 0.15) is 56.8 Å². The predicted octanol–water partition coefficient (Wildman–Crippen LogP) is 8.57. The third kappa shape index (κ3) is 6.43. The predicted molar refractivity (Wildman–Crippen MR) is 221 cm³/mol. The molecule has 4 aliphatic rings. The minimum Gasteiger partial charge on any atom is -0.493 e. The van der Waals surface area contributed by atoms with Crippen molar-refractivity contribution < 1.29 is 28.5 Å².